The van der Waals surface area contributed by atoms with E-state index < -0.39 is 0 Å². The van der Waals surface area contributed by atoms with Crippen molar-refractivity contribution in [2.45, 2.75) is 73.7 Å². The summed E-state index contributed by atoms with van der Waals surface area (Å²) in [6.07, 6.45) is 31.4. The summed E-state index contributed by atoms with van der Waals surface area (Å²) in [6.45, 7) is 0. The molecule has 0 saturated heterocycles. The van der Waals surface area contributed by atoms with Crippen molar-refractivity contribution >= 4 is 72.0 Å². The van der Waals surface area contributed by atoms with Gasteiger partial charge in [-0.1, -0.05) is 126 Å². The number of para-hydroxylation sites is 2. The molecule has 52 heavy (non-hydrogen) atoms. The van der Waals surface area contributed by atoms with E-state index in [2.05, 4.69) is 166 Å². The van der Waals surface area contributed by atoms with Crippen LogP contribution in [-0.2, 0) is 0 Å². The second-order valence-electron chi connectivity index (χ2n) is 15.0. The van der Waals surface area contributed by atoms with E-state index in [9.17, 15) is 0 Å². The second-order valence-corrected chi connectivity index (χ2v) is 17.1. The van der Waals surface area contributed by atoms with Crippen LogP contribution in [0.2, 0.25) is 0 Å². The normalized spacial score (nSPS) is 20.3. The van der Waals surface area contributed by atoms with Gasteiger partial charge in [0.15, 0.2) is 0 Å². The van der Waals surface area contributed by atoms with Crippen LogP contribution < -0.4 is 4.90 Å². The van der Waals surface area contributed by atoms with Crippen LogP contribution in [0.5, 0.6) is 0 Å². The number of furan rings is 1. The van der Waals surface area contributed by atoms with E-state index in [0.717, 1.165) is 54.3 Å². The van der Waals surface area contributed by atoms with E-state index in [-0.39, 0.29) is 6.04 Å². The molecule has 10 rings (SSSR count). The second kappa shape index (κ2) is 13.1. The van der Waals surface area contributed by atoms with Gasteiger partial charge in [-0.2, -0.15) is 0 Å². The topological polar surface area (TPSA) is 21.3 Å². The van der Waals surface area contributed by atoms with Crippen molar-refractivity contribution in [3.8, 4) is 5.69 Å². The summed E-state index contributed by atoms with van der Waals surface area (Å²) < 4.78 is 9.46. The van der Waals surface area contributed by atoms with E-state index in [1.54, 1.807) is 5.57 Å². The van der Waals surface area contributed by atoms with Crippen LogP contribution in [0.3, 0.4) is 0 Å². The van der Waals surface area contributed by atoms with Gasteiger partial charge in [0.1, 0.15) is 11.2 Å². The summed E-state index contributed by atoms with van der Waals surface area (Å²) in [5, 5.41) is 4.73. The maximum atomic E-state index is 6.73. The zero-order valence-corrected chi connectivity index (χ0v) is 31.7. The fourth-order valence-corrected chi connectivity index (χ4v) is 10.5. The molecule has 2 aromatic heterocycles. The molecule has 6 aromatic rings. The number of hydrogen-bond acceptors (Lipinski definition) is 2. The zero-order chi connectivity index (χ0) is 34.6. The molecule has 3 nitrogen and oxygen atoms in total. The number of anilines is 1. The van der Waals surface area contributed by atoms with Crippen LogP contribution in [0.1, 0.15) is 64.2 Å². The first kappa shape index (κ1) is 32.1. The third-order valence-corrected chi connectivity index (χ3v) is 13.7. The van der Waals surface area contributed by atoms with Gasteiger partial charge < -0.3 is 13.9 Å². The average Bonchev–Trinajstić information content (AvgIpc) is 3.75. The smallest absolute Gasteiger partial charge is 0.145 e. The lowest BCUT2D eigenvalue weighted by atomic mass is 9.80. The molecule has 4 aliphatic carbocycles. The largest absolute Gasteiger partial charge is 0.455 e. The summed E-state index contributed by atoms with van der Waals surface area (Å²) in [6, 6.07) is 31.1. The van der Waals surface area contributed by atoms with E-state index in [1.807, 2.05) is 0 Å². The Kier molecular flexibility index (Phi) is 8.12. The summed E-state index contributed by atoms with van der Waals surface area (Å²) >= 11 is 2.80. The van der Waals surface area contributed by atoms with Crippen molar-refractivity contribution in [2.75, 3.05) is 4.90 Å². The van der Waals surface area contributed by atoms with E-state index in [4.69, 9.17) is 4.42 Å². The van der Waals surface area contributed by atoms with Crippen LogP contribution in [-0.4, -0.2) is 14.0 Å². The van der Waals surface area contributed by atoms with Gasteiger partial charge in [0.2, 0.25) is 0 Å². The Hall–Kier alpha value is -4.55. The predicted molar refractivity (Wildman–Crippen MR) is 228 cm³/mol. The molecule has 4 heteroatoms. The van der Waals surface area contributed by atoms with Crippen LogP contribution in [0, 0.1) is 0 Å². The molecule has 0 bridgehead atoms. The standard InChI is InChI=1S/C48H43IN2O/c49-48(30-10-3-11-31-48)35-20-24-38(25-21-35)50(37-22-18-34(19-23-37)33-12-4-1-5-13-33)39-26-28-43-42(32-39)46-44(51(43)36-14-6-2-7-15-36)29-27-41-40-16-8-9-17-45(40)52-47(41)46/h2,4,6-9,12-20,22,24,26-29,32,37H,1,3,5,10-11,21,23,25,30-31H2. The summed E-state index contributed by atoms with van der Waals surface area (Å²) in [5.41, 5.74) is 12.4. The molecule has 4 aromatic carbocycles. The van der Waals surface area contributed by atoms with Crippen LogP contribution in [0.4, 0.5) is 5.69 Å². The lowest BCUT2D eigenvalue weighted by Gasteiger charge is -2.39. The Morgan fingerprint density at radius 1 is 0.731 bits per heavy atom. The van der Waals surface area contributed by atoms with Crippen molar-refractivity contribution in [1.82, 2.24) is 4.57 Å². The number of aromatic nitrogens is 1. The number of benzene rings is 4. The quantitative estimate of drug-likeness (QED) is 0.124. The minimum absolute atomic E-state index is 0.229. The zero-order valence-electron chi connectivity index (χ0n) is 29.5. The van der Waals surface area contributed by atoms with Crippen molar-refractivity contribution in [1.29, 1.82) is 0 Å². The molecule has 1 atom stereocenters. The highest BCUT2D eigenvalue weighted by atomic mass is 127. The van der Waals surface area contributed by atoms with Gasteiger partial charge in [-0.05, 0) is 111 Å². The molecular formula is C48H43IN2O. The number of rotatable bonds is 6. The molecule has 0 aliphatic heterocycles. The van der Waals surface area contributed by atoms with Gasteiger partial charge >= 0.3 is 0 Å². The minimum Gasteiger partial charge on any atom is -0.455 e. The highest BCUT2D eigenvalue weighted by Crippen LogP contribution is 2.47. The third kappa shape index (κ3) is 5.44. The Morgan fingerprint density at radius 3 is 2.35 bits per heavy atom. The Morgan fingerprint density at radius 2 is 1.56 bits per heavy atom. The summed E-state index contributed by atoms with van der Waals surface area (Å²) in [5.74, 6) is 0. The van der Waals surface area contributed by atoms with Gasteiger partial charge in [-0.15, -0.1) is 0 Å². The minimum atomic E-state index is 0.229. The predicted octanol–water partition coefficient (Wildman–Crippen LogP) is 13.8. The first-order valence-corrected chi connectivity index (χ1v) is 20.3. The number of fused-ring (bicyclic) bond motifs is 7. The van der Waals surface area contributed by atoms with Crippen LogP contribution in [0.25, 0.3) is 49.4 Å². The molecule has 1 unspecified atom stereocenters. The maximum absolute atomic E-state index is 6.73. The summed E-state index contributed by atoms with van der Waals surface area (Å²) in [7, 11) is 0. The van der Waals surface area contributed by atoms with Gasteiger partial charge in [0.05, 0.1) is 22.5 Å². The molecule has 0 radical (unpaired) electrons. The lowest BCUT2D eigenvalue weighted by Crippen LogP contribution is -2.35. The first-order chi connectivity index (χ1) is 25.6. The first-order valence-electron chi connectivity index (χ1n) is 19.2. The fraction of sp³-hybridized carbons (Fsp3) is 0.250. The van der Waals surface area contributed by atoms with E-state index in [1.165, 1.54) is 81.8 Å². The van der Waals surface area contributed by atoms with Crippen LogP contribution >= 0.6 is 22.6 Å². The number of allylic oxidation sites excluding steroid dienone is 10. The SMILES string of the molecule is IC1(C2=CC=C(N(c3ccc4c(c3)c3c5oc6ccccc6c5ccc3n4-c3ccccc3)C3C=CC(C4=CCCC=C4)=CC3)CC2)CCCCC1. The Bertz CT molecular complexity index is 2550. The fourth-order valence-electron chi connectivity index (χ4n) is 9.33. The third-order valence-electron chi connectivity index (χ3n) is 11.9. The maximum Gasteiger partial charge on any atom is 0.145 e. The van der Waals surface area contributed by atoms with Crippen molar-refractivity contribution in [3.05, 3.63) is 156 Å². The molecule has 1 saturated carbocycles. The molecule has 4 aliphatic rings. The van der Waals surface area contributed by atoms with E-state index in [0.29, 0.717) is 3.42 Å². The van der Waals surface area contributed by atoms with Crippen LogP contribution in [0.15, 0.2) is 160 Å². The molecule has 0 spiro atoms. The number of nitrogens with zero attached hydrogens (tertiary/aromatic N) is 2. The van der Waals surface area contributed by atoms with Gasteiger partial charge in [-0.3, -0.25) is 0 Å². The molecule has 0 N–H and O–H groups in total. The Balaban J connectivity index is 1.15. The average molecular weight is 791 g/mol. The van der Waals surface area contributed by atoms with Crippen molar-refractivity contribution in [2.24, 2.45) is 0 Å². The number of hydrogen-bond donors (Lipinski definition) is 0. The highest BCUT2D eigenvalue weighted by molar-refractivity contribution is 14.1. The number of halogens is 1. The van der Waals surface area contributed by atoms with Gasteiger partial charge in [0, 0.05) is 36.7 Å². The van der Waals surface area contributed by atoms with Crippen molar-refractivity contribution < 1.29 is 4.42 Å². The molecule has 2 heterocycles. The number of alkyl halides is 1. The Labute approximate surface area is 319 Å². The molecule has 1 fully saturated rings. The summed E-state index contributed by atoms with van der Waals surface area (Å²) in [4.78, 5) is 2.65. The monoisotopic (exact) mass is 790 g/mol. The van der Waals surface area contributed by atoms with Crippen molar-refractivity contribution in [3.63, 3.8) is 0 Å². The lowest BCUT2D eigenvalue weighted by molar-refractivity contribution is 0.444. The molecule has 258 valence electrons. The molecule has 0 amide bonds. The highest BCUT2D eigenvalue weighted by Gasteiger charge is 2.34. The molecular weight excluding hydrogens is 747 g/mol. The van der Waals surface area contributed by atoms with E-state index >= 15 is 0 Å². The van der Waals surface area contributed by atoms with Gasteiger partial charge in [0.25, 0.3) is 0 Å². The van der Waals surface area contributed by atoms with Gasteiger partial charge in [-0.25, -0.2) is 0 Å².